The number of aromatic nitrogens is 3. The van der Waals surface area contributed by atoms with Crippen LogP contribution in [-0.4, -0.2) is 26.0 Å². The lowest BCUT2D eigenvalue weighted by molar-refractivity contribution is 0.0690. The van der Waals surface area contributed by atoms with Crippen molar-refractivity contribution < 1.29 is 9.90 Å². The number of pyridine rings is 1. The van der Waals surface area contributed by atoms with Gasteiger partial charge in [0.15, 0.2) is 0 Å². The smallest absolute Gasteiger partial charge is 0.354 e. The van der Waals surface area contributed by atoms with Crippen LogP contribution in [0.4, 0.5) is 0 Å². The van der Waals surface area contributed by atoms with Crippen molar-refractivity contribution in [2.45, 2.75) is 10.1 Å². The SMILES string of the molecule is O=C(O)c1cc2ccccc2c(Sc2cnccn2)n1. The van der Waals surface area contributed by atoms with Crippen LogP contribution in [0, 0.1) is 0 Å². The van der Waals surface area contributed by atoms with Crippen LogP contribution in [-0.2, 0) is 0 Å². The summed E-state index contributed by atoms with van der Waals surface area (Å²) in [5.41, 5.74) is 0.0232. The van der Waals surface area contributed by atoms with E-state index in [0.717, 1.165) is 10.8 Å². The van der Waals surface area contributed by atoms with Gasteiger partial charge in [-0.3, -0.25) is 4.98 Å². The molecule has 0 spiro atoms. The van der Waals surface area contributed by atoms with E-state index in [1.165, 1.54) is 11.8 Å². The summed E-state index contributed by atoms with van der Waals surface area (Å²) in [6.07, 6.45) is 4.80. The summed E-state index contributed by atoms with van der Waals surface area (Å²) >= 11 is 1.30. The van der Waals surface area contributed by atoms with Gasteiger partial charge < -0.3 is 5.11 Å². The molecule has 0 aliphatic carbocycles. The maximum absolute atomic E-state index is 11.1. The molecule has 3 aromatic rings. The first-order valence-corrected chi connectivity index (χ1v) is 6.62. The van der Waals surface area contributed by atoms with E-state index in [9.17, 15) is 4.79 Å². The second kappa shape index (κ2) is 5.26. The molecular weight excluding hydrogens is 274 g/mol. The average molecular weight is 283 g/mol. The van der Waals surface area contributed by atoms with Gasteiger partial charge in [0.2, 0.25) is 0 Å². The number of carboxylic acids is 1. The van der Waals surface area contributed by atoms with Gasteiger partial charge in [-0.25, -0.2) is 14.8 Å². The highest BCUT2D eigenvalue weighted by Crippen LogP contribution is 2.30. The maximum atomic E-state index is 11.1. The number of rotatable bonds is 3. The van der Waals surface area contributed by atoms with E-state index >= 15 is 0 Å². The van der Waals surface area contributed by atoms with E-state index in [-0.39, 0.29) is 5.69 Å². The van der Waals surface area contributed by atoms with Gasteiger partial charge in [0.05, 0.1) is 6.20 Å². The van der Waals surface area contributed by atoms with Gasteiger partial charge in [-0.15, -0.1) is 0 Å². The van der Waals surface area contributed by atoms with Crippen molar-refractivity contribution in [3.05, 3.63) is 54.6 Å². The predicted octanol–water partition coefficient (Wildman–Crippen LogP) is 2.87. The minimum absolute atomic E-state index is 0.0232. The molecule has 0 bridgehead atoms. The molecule has 0 amide bonds. The highest BCUT2D eigenvalue weighted by Gasteiger charge is 2.12. The standard InChI is InChI=1S/C14H9N3O2S/c18-14(19)11-7-9-3-1-2-4-10(9)13(17-11)20-12-8-15-5-6-16-12/h1-8H,(H,18,19). The second-order valence-corrected chi connectivity index (χ2v) is 4.99. The Hall–Kier alpha value is -2.47. The molecule has 0 atom stereocenters. The molecule has 3 rings (SSSR count). The molecular formula is C14H9N3O2S. The fourth-order valence-electron chi connectivity index (χ4n) is 1.79. The summed E-state index contributed by atoms with van der Waals surface area (Å²) in [4.78, 5) is 23.5. The first-order valence-electron chi connectivity index (χ1n) is 5.81. The van der Waals surface area contributed by atoms with Crippen LogP contribution in [0.3, 0.4) is 0 Å². The highest BCUT2D eigenvalue weighted by atomic mass is 32.2. The lowest BCUT2D eigenvalue weighted by atomic mass is 10.1. The average Bonchev–Trinajstić information content (AvgIpc) is 2.48. The van der Waals surface area contributed by atoms with Crippen molar-refractivity contribution in [1.29, 1.82) is 0 Å². The fourth-order valence-corrected chi connectivity index (χ4v) is 2.66. The Balaban J connectivity index is 2.15. The van der Waals surface area contributed by atoms with E-state index in [1.54, 1.807) is 24.7 Å². The Kier molecular flexibility index (Phi) is 3.30. The van der Waals surface area contributed by atoms with Crippen LogP contribution in [0.5, 0.6) is 0 Å². The molecule has 0 aliphatic rings. The Morgan fingerprint density at radius 3 is 2.80 bits per heavy atom. The molecule has 0 saturated carbocycles. The number of fused-ring (bicyclic) bond motifs is 1. The van der Waals surface area contributed by atoms with Crippen LogP contribution in [0.2, 0.25) is 0 Å². The minimum atomic E-state index is -1.04. The van der Waals surface area contributed by atoms with Crippen molar-refractivity contribution in [2.75, 3.05) is 0 Å². The van der Waals surface area contributed by atoms with Gasteiger partial charge in [0.1, 0.15) is 15.7 Å². The first-order chi connectivity index (χ1) is 9.74. The predicted molar refractivity (Wildman–Crippen MR) is 74.9 cm³/mol. The molecule has 20 heavy (non-hydrogen) atoms. The van der Waals surface area contributed by atoms with Gasteiger partial charge in [0, 0.05) is 17.8 Å². The van der Waals surface area contributed by atoms with E-state index in [2.05, 4.69) is 15.0 Å². The van der Waals surface area contributed by atoms with Crippen LogP contribution in [0.25, 0.3) is 10.8 Å². The molecule has 6 heteroatoms. The Morgan fingerprint density at radius 1 is 1.20 bits per heavy atom. The van der Waals surface area contributed by atoms with Crippen molar-refractivity contribution in [3.8, 4) is 0 Å². The zero-order valence-corrected chi connectivity index (χ0v) is 11.0. The molecule has 0 fully saturated rings. The molecule has 1 N–H and O–H groups in total. The van der Waals surface area contributed by atoms with Gasteiger partial charge in [-0.05, 0) is 23.2 Å². The van der Waals surface area contributed by atoms with Crippen molar-refractivity contribution in [3.63, 3.8) is 0 Å². The Bertz CT molecular complexity index is 778. The Labute approximate surface area is 118 Å². The summed E-state index contributed by atoms with van der Waals surface area (Å²) in [7, 11) is 0. The molecule has 0 saturated heterocycles. The third-order valence-corrected chi connectivity index (χ3v) is 3.59. The number of carboxylic acid groups (broad SMARTS) is 1. The first kappa shape index (κ1) is 12.6. The van der Waals surface area contributed by atoms with Gasteiger partial charge in [0.25, 0.3) is 0 Å². The number of benzene rings is 1. The molecule has 5 nitrogen and oxygen atoms in total. The number of hydrogen-bond donors (Lipinski definition) is 1. The summed E-state index contributed by atoms with van der Waals surface area (Å²) in [6, 6.07) is 9.10. The van der Waals surface area contributed by atoms with Crippen molar-refractivity contribution in [2.24, 2.45) is 0 Å². The molecule has 0 unspecified atom stereocenters. The summed E-state index contributed by atoms with van der Waals surface area (Å²) in [6.45, 7) is 0. The summed E-state index contributed by atoms with van der Waals surface area (Å²) in [5.74, 6) is -1.04. The normalized spacial score (nSPS) is 10.6. The fraction of sp³-hybridized carbons (Fsp3) is 0. The van der Waals surface area contributed by atoms with Crippen LogP contribution in [0.15, 0.2) is 59.0 Å². The monoisotopic (exact) mass is 283 g/mol. The summed E-state index contributed by atoms with van der Waals surface area (Å²) in [5, 5.41) is 12.2. The van der Waals surface area contributed by atoms with Crippen LogP contribution >= 0.6 is 11.8 Å². The van der Waals surface area contributed by atoms with E-state index in [4.69, 9.17) is 5.11 Å². The summed E-state index contributed by atoms with van der Waals surface area (Å²) < 4.78 is 0. The highest BCUT2D eigenvalue weighted by molar-refractivity contribution is 7.99. The molecule has 2 heterocycles. The van der Waals surface area contributed by atoms with E-state index in [1.807, 2.05) is 24.3 Å². The lowest BCUT2D eigenvalue weighted by Crippen LogP contribution is -2.01. The van der Waals surface area contributed by atoms with Crippen LogP contribution < -0.4 is 0 Å². The molecule has 0 radical (unpaired) electrons. The van der Waals surface area contributed by atoms with E-state index in [0.29, 0.717) is 10.1 Å². The third-order valence-electron chi connectivity index (χ3n) is 2.67. The number of aromatic carboxylic acids is 1. The molecule has 0 aliphatic heterocycles. The van der Waals surface area contributed by atoms with Gasteiger partial charge >= 0.3 is 5.97 Å². The second-order valence-electron chi connectivity index (χ2n) is 3.98. The minimum Gasteiger partial charge on any atom is -0.477 e. The molecule has 1 aromatic carbocycles. The number of hydrogen-bond acceptors (Lipinski definition) is 5. The zero-order valence-electron chi connectivity index (χ0n) is 10.2. The Morgan fingerprint density at radius 2 is 2.05 bits per heavy atom. The maximum Gasteiger partial charge on any atom is 0.354 e. The molecule has 2 aromatic heterocycles. The lowest BCUT2D eigenvalue weighted by Gasteiger charge is -2.06. The largest absolute Gasteiger partial charge is 0.477 e. The van der Waals surface area contributed by atoms with Gasteiger partial charge in [-0.2, -0.15) is 0 Å². The van der Waals surface area contributed by atoms with Crippen molar-refractivity contribution in [1.82, 2.24) is 15.0 Å². The number of carbonyl (C=O) groups is 1. The third kappa shape index (κ3) is 2.46. The number of nitrogens with zero attached hydrogens (tertiary/aromatic N) is 3. The van der Waals surface area contributed by atoms with Crippen molar-refractivity contribution >= 4 is 28.5 Å². The van der Waals surface area contributed by atoms with Gasteiger partial charge in [-0.1, -0.05) is 24.3 Å². The van der Waals surface area contributed by atoms with Crippen LogP contribution in [0.1, 0.15) is 10.5 Å². The van der Waals surface area contributed by atoms with E-state index < -0.39 is 5.97 Å². The molecule has 98 valence electrons. The quantitative estimate of drug-likeness (QED) is 0.796. The zero-order chi connectivity index (χ0) is 13.9. The topological polar surface area (TPSA) is 76.0 Å².